The summed E-state index contributed by atoms with van der Waals surface area (Å²) in [7, 11) is -4.12. The molecule has 0 atom stereocenters. The number of nitrogen functional groups attached to an aromatic ring is 1. The highest BCUT2D eigenvalue weighted by Gasteiger charge is 2.22. The molecule has 0 aliphatic heterocycles. The Morgan fingerprint density at radius 2 is 2.00 bits per heavy atom. The molecule has 1 rings (SSSR count). The number of nitrogens with two attached hydrogens (primary N) is 1. The lowest BCUT2D eigenvalue weighted by Gasteiger charge is -2.08. The fourth-order valence-electron chi connectivity index (χ4n) is 1.42. The fraction of sp³-hybridized carbons (Fsp3) is 0.333. The second kappa shape index (κ2) is 6.50. The molecule has 3 N–H and O–H groups in total. The van der Waals surface area contributed by atoms with Gasteiger partial charge in [-0.3, -0.25) is 0 Å². The van der Waals surface area contributed by atoms with E-state index in [1.54, 1.807) is 0 Å². The van der Waals surface area contributed by atoms with Gasteiger partial charge in [-0.05, 0) is 25.0 Å². The highest BCUT2D eigenvalue weighted by atomic mass is 32.2. The summed E-state index contributed by atoms with van der Waals surface area (Å²) in [5, 5.41) is 0. The molecule has 0 aromatic heterocycles. The Bertz CT molecular complexity index is 594. The molecule has 0 aliphatic carbocycles. The quantitative estimate of drug-likeness (QED) is 0.475. The van der Waals surface area contributed by atoms with Crippen molar-refractivity contribution >= 4 is 15.7 Å². The van der Waals surface area contributed by atoms with Gasteiger partial charge in [-0.25, -0.2) is 21.9 Å². The van der Waals surface area contributed by atoms with E-state index in [2.05, 4.69) is 10.6 Å². The molecule has 0 fully saturated rings. The molecule has 0 aliphatic rings. The van der Waals surface area contributed by atoms with Crippen molar-refractivity contribution in [3.05, 3.63) is 23.8 Å². The molecule has 0 spiro atoms. The Hall–Kier alpha value is -1.65. The Labute approximate surface area is 111 Å². The predicted molar refractivity (Wildman–Crippen MR) is 68.6 cm³/mol. The summed E-state index contributed by atoms with van der Waals surface area (Å²) in [6, 6.07) is 1.60. The van der Waals surface area contributed by atoms with Crippen molar-refractivity contribution in [1.29, 1.82) is 0 Å². The number of hydrogen-bond acceptors (Lipinski definition) is 3. The largest absolute Gasteiger partial charge is 0.399 e. The van der Waals surface area contributed by atoms with Crippen LogP contribution >= 0.6 is 0 Å². The van der Waals surface area contributed by atoms with E-state index in [0.717, 1.165) is 12.1 Å². The summed E-state index contributed by atoms with van der Waals surface area (Å²) in [5.41, 5.74) is 5.14. The molecule has 104 valence electrons. The first kappa shape index (κ1) is 15.4. The summed E-state index contributed by atoms with van der Waals surface area (Å²) in [6.45, 7) is 0.0971. The third-order valence-corrected chi connectivity index (χ3v) is 3.81. The van der Waals surface area contributed by atoms with E-state index in [9.17, 15) is 17.2 Å². The first-order valence-electron chi connectivity index (χ1n) is 5.56. The van der Waals surface area contributed by atoms with Crippen LogP contribution in [0, 0.1) is 24.0 Å². The normalized spacial score (nSPS) is 11.2. The number of benzene rings is 1. The van der Waals surface area contributed by atoms with E-state index < -0.39 is 26.6 Å². The first-order chi connectivity index (χ1) is 8.88. The number of rotatable bonds is 6. The second-order valence-corrected chi connectivity index (χ2v) is 5.61. The van der Waals surface area contributed by atoms with Crippen LogP contribution in [0.2, 0.25) is 0 Å². The van der Waals surface area contributed by atoms with Crippen molar-refractivity contribution in [2.75, 3.05) is 12.3 Å². The van der Waals surface area contributed by atoms with Crippen LogP contribution in [0.25, 0.3) is 0 Å². The minimum atomic E-state index is -4.12. The molecule has 0 radical (unpaired) electrons. The van der Waals surface area contributed by atoms with Gasteiger partial charge in [0.25, 0.3) is 0 Å². The highest BCUT2D eigenvalue weighted by molar-refractivity contribution is 7.89. The molecular formula is C12H14F2N2O2S. The van der Waals surface area contributed by atoms with Gasteiger partial charge in [0.15, 0.2) is 11.6 Å². The lowest BCUT2D eigenvalue weighted by Crippen LogP contribution is -2.26. The van der Waals surface area contributed by atoms with Gasteiger partial charge in [-0.2, -0.15) is 0 Å². The fourth-order valence-corrected chi connectivity index (χ4v) is 2.61. The maximum absolute atomic E-state index is 13.4. The third kappa shape index (κ3) is 4.19. The Morgan fingerprint density at radius 3 is 2.63 bits per heavy atom. The van der Waals surface area contributed by atoms with Crippen LogP contribution in [0.5, 0.6) is 0 Å². The number of halogens is 2. The van der Waals surface area contributed by atoms with E-state index in [0.29, 0.717) is 19.3 Å². The minimum absolute atomic E-state index is 0.0971. The van der Waals surface area contributed by atoms with Gasteiger partial charge < -0.3 is 5.73 Å². The van der Waals surface area contributed by atoms with Crippen LogP contribution in [-0.2, 0) is 10.0 Å². The molecule has 7 heteroatoms. The van der Waals surface area contributed by atoms with Gasteiger partial charge in [0, 0.05) is 18.7 Å². The van der Waals surface area contributed by atoms with Crippen LogP contribution in [0.15, 0.2) is 17.0 Å². The van der Waals surface area contributed by atoms with E-state index in [-0.39, 0.29) is 12.2 Å². The van der Waals surface area contributed by atoms with Gasteiger partial charge in [0.2, 0.25) is 10.0 Å². The van der Waals surface area contributed by atoms with Crippen LogP contribution in [-0.4, -0.2) is 15.0 Å². The van der Waals surface area contributed by atoms with Gasteiger partial charge in [-0.1, -0.05) is 0 Å². The molecule has 0 amide bonds. The topological polar surface area (TPSA) is 72.2 Å². The zero-order chi connectivity index (χ0) is 14.5. The number of sulfonamides is 1. The predicted octanol–water partition coefficient (Wildman–Crippen LogP) is 1.63. The van der Waals surface area contributed by atoms with E-state index in [1.807, 2.05) is 0 Å². The van der Waals surface area contributed by atoms with Crippen molar-refractivity contribution in [2.45, 2.75) is 24.2 Å². The number of unbranched alkanes of at least 4 members (excludes halogenated alkanes) is 2. The maximum atomic E-state index is 13.4. The van der Waals surface area contributed by atoms with Crippen molar-refractivity contribution in [1.82, 2.24) is 4.72 Å². The lowest BCUT2D eigenvalue weighted by molar-refractivity contribution is 0.483. The lowest BCUT2D eigenvalue weighted by atomic mass is 10.2. The number of anilines is 1. The maximum Gasteiger partial charge on any atom is 0.243 e. The van der Waals surface area contributed by atoms with Gasteiger partial charge in [0.05, 0.1) is 0 Å². The first-order valence-corrected chi connectivity index (χ1v) is 7.04. The third-order valence-electron chi connectivity index (χ3n) is 2.35. The van der Waals surface area contributed by atoms with E-state index >= 15 is 0 Å². The van der Waals surface area contributed by atoms with E-state index in [4.69, 9.17) is 12.2 Å². The zero-order valence-electron chi connectivity index (χ0n) is 10.1. The van der Waals surface area contributed by atoms with Gasteiger partial charge in [0.1, 0.15) is 4.90 Å². The Kier molecular flexibility index (Phi) is 5.27. The summed E-state index contributed by atoms with van der Waals surface area (Å²) < 4.78 is 52.2. The summed E-state index contributed by atoms with van der Waals surface area (Å²) in [4.78, 5) is -0.790. The van der Waals surface area contributed by atoms with Crippen LogP contribution in [0.1, 0.15) is 19.3 Å². The molecule has 4 nitrogen and oxygen atoms in total. The van der Waals surface area contributed by atoms with Crippen LogP contribution in [0.3, 0.4) is 0 Å². The van der Waals surface area contributed by atoms with E-state index in [1.165, 1.54) is 0 Å². The smallest absolute Gasteiger partial charge is 0.243 e. The summed E-state index contributed by atoms with van der Waals surface area (Å²) in [6.07, 6.45) is 6.73. The Morgan fingerprint density at radius 1 is 1.32 bits per heavy atom. The highest BCUT2D eigenvalue weighted by Crippen LogP contribution is 2.20. The average molecular weight is 288 g/mol. The molecule has 0 saturated heterocycles. The van der Waals surface area contributed by atoms with Crippen molar-refractivity contribution in [3.8, 4) is 12.3 Å². The van der Waals surface area contributed by atoms with Gasteiger partial charge in [-0.15, -0.1) is 12.3 Å². The molecule has 0 unspecified atom stereocenters. The number of hydrogen-bond donors (Lipinski definition) is 2. The second-order valence-electron chi connectivity index (χ2n) is 3.87. The van der Waals surface area contributed by atoms with Crippen molar-refractivity contribution in [2.24, 2.45) is 0 Å². The number of nitrogens with one attached hydrogen (secondary N) is 1. The van der Waals surface area contributed by atoms with Gasteiger partial charge >= 0.3 is 0 Å². The monoisotopic (exact) mass is 288 g/mol. The van der Waals surface area contributed by atoms with Crippen LogP contribution in [0.4, 0.5) is 14.5 Å². The van der Waals surface area contributed by atoms with Crippen LogP contribution < -0.4 is 10.5 Å². The molecule has 1 aromatic rings. The summed E-state index contributed by atoms with van der Waals surface area (Å²) >= 11 is 0. The molecule has 0 saturated carbocycles. The Balaban J connectivity index is 2.81. The molecule has 1 aromatic carbocycles. The van der Waals surface area contributed by atoms with Crippen molar-refractivity contribution < 1.29 is 17.2 Å². The summed E-state index contributed by atoms with van der Waals surface area (Å²) in [5.74, 6) is -0.320. The average Bonchev–Trinajstić information content (AvgIpc) is 2.33. The molecule has 0 heterocycles. The zero-order valence-corrected chi connectivity index (χ0v) is 10.9. The molecule has 0 bridgehead atoms. The number of terminal acetylenes is 1. The van der Waals surface area contributed by atoms with Crippen molar-refractivity contribution in [3.63, 3.8) is 0 Å². The minimum Gasteiger partial charge on any atom is -0.399 e. The standard InChI is InChI=1S/C12H14F2N2O2S/c1-2-3-4-5-6-16-19(17,18)11-8-9(15)7-10(13)12(11)14/h1,7-8,16H,3-6,15H2. The SMILES string of the molecule is C#CCCCCNS(=O)(=O)c1cc(N)cc(F)c1F. The molecular weight excluding hydrogens is 274 g/mol. The molecule has 19 heavy (non-hydrogen) atoms.